The molecule has 52 heavy (non-hydrogen) atoms. The van der Waals surface area contributed by atoms with Crippen LogP contribution in [0.2, 0.25) is 0 Å². The Morgan fingerprint density at radius 1 is 0.269 bits per heavy atom. The van der Waals surface area contributed by atoms with Crippen LogP contribution in [0.15, 0.2) is 200 Å². The summed E-state index contributed by atoms with van der Waals surface area (Å²) in [5.74, 6) is 0. The number of anilines is 3. The fourth-order valence-corrected chi connectivity index (χ4v) is 8.60. The number of hydrogen-bond acceptors (Lipinski definition) is 2. The molecule has 1 nitrogen and oxygen atoms in total. The van der Waals surface area contributed by atoms with Crippen molar-refractivity contribution in [3.63, 3.8) is 0 Å². The molecule has 244 valence electrons. The van der Waals surface area contributed by atoms with Crippen LogP contribution in [0.25, 0.3) is 75.1 Å². The van der Waals surface area contributed by atoms with Crippen molar-refractivity contribution in [2.75, 3.05) is 4.90 Å². The van der Waals surface area contributed by atoms with Crippen molar-refractivity contribution in [1.29, 1.82) is 0 Å². The minimum Gasteiger partial charge on any atom is -0.310 e. The highest BCUT2D eigenvalue weighted by molar-refractivity contribution is 7.25. The van der Waals surface area contributed by atoms with E-state index in [9.17, 15) is 0 Å². The average Bonchev–Trinajstić information content (AvgIpc) is 3.59. The van der Waals surface area contributed by atoms with Crippen LogP contribution in [0.3, 0.4) is 0 Å². The predicted octanol–water partition coefficient (Wildman–Crippen LogP) is 14.8. The maximum atomic E-state index is 2.38. The quantitative estimate of drug-likeness (QED) is 0.169. The zero-order valence-electron chi connectivity index (χ0n) is 28.4. The molecule has 0 unspecified atom stereocenters. The summed E-state index contributed by atoms with van der Waals surface area (Å²) in [6.45, 7) is 0. The molecule has 0 radical (unpaired) electrons. The van der Waals surface area contributed by atoms with Gasteiger partial charge in [0.15, 0.2) is 0 Å². The zero-order valence-corrected chi connectivity index (χ0v) is 29.2. The Labute approximate surface area is 307 Å². The Morgan fingerprint density at radius 2 is 0.731 bits per heavy atom. The number of rotatable bonds is 6. The van der Waals surface area contributed by atoms with E-state index in [1.165, 1.54) is 75.1 Å². The Morgan fingerprint density at radius 3 is 1.42 bits per heavy atom. The molecule has 0 fully saturated rings. The summed E-state index contributed by atoms with van der Waals surface area (Å²) in [6, 6.07) is 73.0. The van der Waals surface area contributed by atoms with E-state index in [0.717, 1.165) is 17.1 Å². The van der Waals surface area contributed by atoms with Crippen LogP contribution in [0.1, 0.15) is 0 Å². The molecule has 0 amide bonds. The van der Waals surface area contributed by atoms with Gasteiger partial charge in [-0.2, -0.15) is 0 Å². The van der Waals surface area contributed by atoms with Crippen LogP contribution < -0.4 is 4.90 Å². The van der Waals surface area contributed by atoms with Gasteiger partial charge in [0.05, 0.1) is 0 Å². The molecule has 10 aromatic rings. The van der Waals surface area contributed by atoms with E-state index in [2.05, 4.69) is 205 Å². The topological polar surface area (TPSA) is 3.24 Å². The van der Waals surface area contributed by atoms with Gasteiger partial charge in [-0.1, -0.05) is 133 Å². The molecular weight excluding hydrogens is 647 g/mol. The summed E-state index contributed by atoms with van der Waals surface area (Å²) < 4.78 is 2.62. The van der Waals surface area contributed by atoms with Gasteiger partial charge in [0.2, 0.25) is 0 Å². The fourth-order valence-electron chi connectivity index (χ4n) is 7.51. The second-order valence-electron chi connectivity index (χ2n) is 13.4. The Kier molecular flexibility index (Phi) is 7.41. The minimum atomic E-state index is 1.12. The molecule has 2 heteroatoms. The van der Waals surface area contributed by atoms with Crippen molar-refractivity contribution in [1.82, 2.24) is 0 Å². The van der Waals surface area contributed by atoms with Crippen molar-refractivity contribution >= 4 is 70.1 Å². The van der Waals surface area contributed by atoms with E-state index in [1.807, 2.05) is 11.3 Å². The van der Waals surface area contributed by atoms with Gasteiger partial charge in [-0.25, -0.2) is 0 Å². The molecule has 0 atom stereocenters. The van der Waals surface area contributed by atoms with Crippen molar-refractivity contribution in [3.8, 4) is 33.4 Å². The first-order valence-corrected chi connectivity index (χ1v) is 18.6. The summed E-state index contributed by atoms with van der Waals surface area (Å²) in [5.41, 5.74) is 10.7. The first-order chi connectivity index (χ1) is 25.7. The molecule has 0 N–H and O–H groups in total. The second-order valence-corrected chi connectivity index (χ2v) is 14.5. The van der Waals surface area contributed by atoms with Crippen LogP contribution in [0.4, 0.5) is 17.1 Å². The van der Waals surface area contributed by atoms with Crippen LogP contribution in [0.5, 0.6) is 0 Å². The summed E-state index contributed by atoms with van der Waals surface area (Å²) in [7, 11) is 0. The molecule has 0 aliphatic rings. The molecule has 0 saturated carbocycles. The van der Waals surface area contributed by atoms with E-state index < -0.39 is 0 Å². The maximum Gasteiger partial charge on any atom is 0.0468 e. The van der Waals surface area contributed by atoms with Crippen molar-refractivity contribution in [3.05, 3.63) is 200 Å². The van der Waals surface area contributed by atoms with E-state index in [0.29, 0.717) is 0 Å². The second kappa shape index (κ2) is 12.7. The Hall–Kier alpha value is -6.48. The summed E-state index contributed by atoms with van der Waals surface area (Å²) >= 11 is 1.85. The molecule has 9 aromatic carbocycles. The molecule has 0 aliphatic heterocycles. The minimum absolute atomic E-state index is 1.12. The lowest BCUT2D eigenvalue weighted by atomic mass is 9.96. The lowest BCUT2D eigenvalue weighted by Gasteiger charge is -2.26. The number of hydrogen-bond donors (Lipinski definition) is 0. The highest BCUT2D eigenvalue weighted by Gasteiger charge is 2.16. The normalized spacial score (nSPS) is 11.5. The number of benzene rings is 9. The molecule has 0 spiro atoms. The molecular formula is C50H33NS. The van der Waals surface area contributed by atoms with Gasteiger partial charge in [-0.05, 0) is 122 Å². The average molecular weight is 680 g/mol. The van der Waals surface area contributed by atoms with Crippen molar-refractivity contribution < 1.29 is 0 Å². The monoisotopic (exact) mass is 679 g/mol. The smallest absolute Gasteiger partial charge is 0.0468 e. The molecule has 1 heterocycles. The van der Waals surface area contributed by atoms with Crippen LogP contribution in [0, 0.1) is 0 Å². The third kappa shape index (κ3) is 5.51. The first-order valence-electron chi connectivity index (χ1n) is 17.7. The van der Waals surface area contributed by atoms with Crippen molar-refractivity contribution in [2.45, 2.75) is 0 Å². The lowest BCUT2D eigenvalue weighted by Crippen LogP contribution is -2.09. The number of nitrogens with zero attached hydrogens (tertiary/aromatic N) is 1. The van der Waals surface area contributed by atoms with Gasteiger partial charge in [0, 0.05) is 37.2 Å². The lowest BCUT2D eigenvalue weighted by molar-refractivity contribution is 1.29. The number of thiophene rings is 1. The third-order valence-corrected chi connectivity index (χ3v) is 11.4. The van der Waals surface area contributed by atoms with Crippen LogP contribution in [-0.2, 0) is 0 Å². The third-order valence-electron chi connectivity index (χ3n) is 10.2. The van der Waals surface area contributed by atoms with Gasteiger partial charge in [-0.15, -0.1) is 11.3 Å². The number of fused-ring (bicyclic) bond motifs is 5. The fraction of sp³-hybridized carbons (Fsp3) is 0. The van der Waals surface area contributed by atoms with E-state index in [-0.39, 0.29) is 0 Å². The largest absolute Gasteiger partial charge is 0.310 e. The van der Waals surface area contributed by atoms with Crippen molar-refractivity contribution in [2.24, 2.45) is 0 Å². The Balaban J connectivity index is 1.03. The zero-order chi connectivity index (χ0) is 34.4. The predicted molar refractivity (Wildman–Crippen MR) is 225 cm³/mol. The van der Waals surface area contributed by atoms with Crippen LogP contribution in [-0.4, -0.2) is 0 Å². The van der Waals surface area contributed by atoms with Gasteiger partial charge >= 0.3 is 0 Å². The molecule has 0 aliphatic carbocycles. The highest BCUT2D eigenvalue weighted by Crippen LogP contribution is 2.41. The Bertz CT molecular complexity index is 2890. The summed E-state index contributed by atoms with van der Waals surface area (Å²) in [6.07, 6.45) is 0. The van der Waals surface area contributed by atoms with Crippen LogP contribution >= 0.6 is 11.3 Å². The SMILES string of the molecule is c1ccc(-c2ccc(N(c3ccc(-c4ccc5ccc(-c6ccc7ccccc7c6)cc5c4)cc3)c3ccc4sc5ccccc5c4c3)cc2)cc1. The molecule has 1 aromatic heterocycles. The van der Waals surface area contributed by atoms with Gasteiger partial charge in [-0.3, -0.25) is 0 Å². The summed E-state index contributed by atoms with van der Waals surface area (Å²) in [4.78, 5) is 2.38. The van der Waals surface area contributed by atoms with E-state index in [4.69, 9.17) is 0 Å². The van der Waals surface area contributed by atoms with E-state index >= 15 is 0 Å². The first kappa shape index (κ1) is 30.4. The maximum absolute atomic E-state index is 2.38. The standard InChI is InChI=1S/C50H33NS/c1-2-8-34(9-3-1)36-20-24-44(25-21-36)51(46-28-29-50-48(33-46)47-12-6-7-13-49(47)52-50)45-26-22-37(23-27-45)40-17-15-38-16-19-42(32-43(38)31-40)41-18-14-35-10-4-5-11-39(35)30-41/h1-33H. The van der Waals surface area contributed by atoms with Gasteiger partial charge in [0.25, 0.3) is 0 Å². The molecule has 0 bridgehead atoms. The molecule has 0 saturated heterocycles. The molecule has 10 rings (SSSR count). The highest BCUT2D eigenvalue weighted by atomic mass is 32.1. The van der Waals surface area contributed by atoms with Gasteiger partial charge < -0.3 is 4.90 Å². The van der Waals surface area contributed by atoms with Gasteiger partial charge in [0.1, 0.15) is 0 Å². The summed E-state index contributed by atoms with van der Waals surface area (Å²) in [5, 5.41) is 7.61. The van der Waals surface area contributed by atoms with E-state index in [1.54, 1.807) is 0 Å².